The normalized spacial score (nSPS) is 11.2. The fraction of sp³-hybridized carbons (Fsp3) is 0.312. The molecule has 0 saturated carbocycles. The molecule has 1 heterocycles. The SMILES string of the molecule is COC(=O)C(C)(C)N(C)C(=O)c1csc(-c2ccc(F)cc2)n1. The zero-order chi connectivity index (χ0) is 17.2. The number of amides is 1. The number of benzene rings is 1. The van der Waals surface area contributed by atoms with Gasteiger partial charge in [0, 0.05) is 18.0 Å². The van der Waals surface area contributed by atoms with Gasteiger partial charge in [-0.2, -0.15) is 0 Å². The van der Waals surface area contributed by atoms with E-state index in [9.17, 15) is 14.0 Å². The molecule has 7 heteroatoms. The third-order valence-corrected chi connectivity index (χ3v) is 4.53. The van der Waals surface area contributed by atoms with Gasteiger partial charge in [-0.3, -0.25) is 4.79 Å². The van der Waals surface area contributed by atoms with Gasteiger partial charge in [0.2, 0.25) is 0 Å². The molecule has 23 heavy (non-hydrogen) atoms. The van der Waals surface area contributed by atoms with E-state index in [-0.39, 0.29) is 17.4 Å². The van der Waals surface area contributed by atoms with Gasteiger partial charge in [-0.15, -0.1) is 11.3 Å². The minimum atomic E-state index is -1.11. The van der Waals surface area contributed by atoms with Crippen LogP contribution in [-0.4, -0.2) is 41.5 Å². The van der Waals surface area contributed by atoms with Gasteiger partial charge >= 0.3 is 5.97 Å². The molecule has 5 nitrogen and oxygen atoms in total. The number of hydrogen-bond donors (Lipinski definition) is 0. The lowest BCUT2D eigenvalue weighted by molar-refractivity contribution is -0.150. The first-order valence-electron chi connectivity index (χ1n) is 6.85. The van der Waals surface area contributed by atoms with E-state index in [4.69, 9.17) is 4.74 Å². The number of esters is 1. The lowest BCUT2D eigenvalue weighted by atomic mass is 10.0. The van der Waals surface area contributed by atoms with Crippen LogP contribution in [0.25, 0.3) is 10.6 Å². The molecule has 0 spiro atoms. The van der Waals surface area contributed by atoms with Crippen LogP contribution in [0, 0.1) is 5.82 Å². The fourth-order valence-electron chi connectivity index (χ4n) is 1.91. The molecule has 0 N–H and O–H groups in total. The average molecular weight is 336 g/mol. The number of carbonyl (C=O) groups is 2. The van der Waals surface area contributed by atoms with Crippen molar-refractivity contribution in [1.29, 1.82) is 0 Å². The summed E-state index contributed by atoms with van der Waals surface area (Å²) in [7, 11) is 2.80. The van der Waals surface area contributed by atoms with Gasteiger partial charge in [-0.25, -0.2) is 14.2 Å². The van der Waals surface area contributed by atoms with Crippen LogP contribution in [0.15, 0.2) is 29.6 Å². The molecule has 0 aliphatic rings. The zero-order valence-electron chi connectivity index (χ0n) is 13.3. The number of hydrogen-bond acceptors (Lipinski definition) is 5. The highest BCUT2D eigenvalue weighted by Gasteiger charge is 2.37. The first kappa shape index (κ1) is 17.1. The molecule has 122 valence electrons. The number of nitrogens with zero attached hydrogens (tertiary/aromatic N) is 2. The van der Waals surface area contributed by atoms with Crippen LogP contribution in [0.1, 0.15) is 24.3 Å². The van der Waals surface area contributed by atoms with Crippen molar-refractivity contribution in [3.63, 3.8) is 0 Å². The first-order chi connectivity index (χ1) is 10.8. The van der Waals surface area contributed by atoms with Crippen molar-refractivity contribution in [3.8, 4) is 10.6 Å². The molecule has 2 aromatic rings. The quantitative estimate of drug-likeness (QED) is 0.806. The van der Waals surface area contributed by atoms with E-state index in [1.807, 2.05) is 0 Å². The summed E-state index contributed by atoms with van der Waals surface area (Å²) in [4.78, 5) is 29.9. The van der Waals surface area contributed by atoms with Gasteiger partial charge in [0.25, 0.3) is 5.91 Å². The standard InChI is InChI=1S/C16H17FN2O3S/c1-16(2,15(21)22-4)19(3)14(20)12-9-23-13(18-12)10-5-7-11(17)8-6-10/h5-9H,1-4H3. The highest BCUT2D eigenvalue weighted by Crippen LogP contribution is 2.25. The summed E-state index contributed by atoms with van der Waals surface area (Å²) in [6.45, 7) is 3.20. The van der Waals surface area contributed by atoms with Crippen LogP contribution in [0.3, 0.4) is 0 Å². The number of methoxy groups -OCH3 is 1. The van der Waals surface area contributed by atoms with E-state index >= 15 is 0 Å². The number of thiazole rings is 1. The minimum absolute atomic E-state index is 0.230. The van der Waals surface area contributed by atoms with E-state index in [0.29, 0.717) is 5.01 Å². The predicted molar refractivity (Wildman–Crippen MR) is 85.7 cm³/mol. The summed E-state index contributed by atoms with van der Waals surface area (Å²) in [6.07, 6.45) is 0. The number of aromatic nitrogens is 1. The predicted octanol–water partition coefficient (Wildman–Crippen LogP) is 2.97. The van der Waals surface area contributed by atoms with Gasteiger partial charge in [0.05, 0.1) is 7.11 Å². The van der Waals surface area contributed by atoms with Gasteiger partial charge in [0.15, 0.2) is 0 Å². The Bertz CT molecular complexity index is 725. The Kier molecular flexibility index (Phi) is 4.79. The van der Waals surface area contributed by atoms with Crippen molar-refractivity contribution < 1.29 is 18.7 Å². The Balaban J connectivity index is 2.24. The largest absolute Gasteiger partial charge is 0.467 e. The van der Waals surface area contributed by atoms with Crippen molar-refractivity contribution >= 4 is 23.2 Å². The van der Waals surface area contributed by atoms with Crippen LogP contribution in [0.2, 0.25) is 0 Å². The Hall–Kier alpha value is -2.28. The maximum absolute atomic E-state index is 13.0. The molecule has 1 aromatic heterocycles. The van der Waals surface area contributed by atoms with Crippen molar-refractivity contribution in [3.05, 3.63) is 41.2 Å². The average Bonchev–Trinajstić information content (AvgIpc) is 3.03. The Morgan fingerprint density at radius 3 is 2.43 bits per heavy atom. The second-order valence-corrected chi connectivity index (χ2v) is 6.32. The topological polar surface area (TPSA) is 59.5 Å². The number of halogens is 1. The monoisotopic (exact) mass is 336 g/mol. The van der Waals surface area contributed by atoms with E-state index in [1.165, 1.54) is 42.5 Å². The third kappa shape index (κ3) is 3.39. The second kappa shape index (κ2) is 6.45. The van der Waals surface area contributed by atoms with E-state index in [0.717, 1.165) is 5.56 Å². The molecule has 0 radical (unpaired) electrons. The molecule has 2 rings (SSSR count). The number of carbonyl (C=O) groups excluding carboxylic acids is 2. The number of rotatable bonds is 4. The van der Waals surface area contributed by atoms with E-state index in [1.54, 1.807) is 31.4 Å². The highest BCUT2D eigenvalue weighted by molar-refractivity contribution is 7.13. The van der Waals surface area contributed by atoms with E-state index < -0.39 is 11.5 Å². The molecule has 0 bridgehead atoms. The highest BCUT2D eigenvalue weighted by atomic mass is 32.1. The molecule has 0 saturated heterocycles. The van der Waals surface area contributed by atoms with Crippen LogP contribution in [0.4, 0.5) is 4.39 Å². The van der Waals surface area contributed by atoms with Gasteiger partial charge in [-0.1, -0.05) is 0 Å². The van der Waals surface area contributed by atoms with Crippen molar-refractivity contribution in [2.24, 2.45) is 0 Å². The van der Waals surface area contributed by atoms with Gasteiger partial charge < -0.3 is 9.64 Å². The molecule has 0 atom stereocenters. The van der Waals surface area contributed by atoms with E-state index in [2.05, 4.69) is 4.98 Å². The smallest absolute Gasteiger partial charge is 0.331 e. The van der Waals surface area contributed by atoms with Crippen molar-refractivity contribution in [1.82, 2.24) is 9.88 Å². The minimum Gasteiger partial charge on any atom is -0.467 e. The summed E-state index contributed by atoms with van der Waals surface area (Å²) in [6, 6.07) is 5.88. The summed E-state index contributed by atoms with van der Waals surface area (Å²) in [5, 5.41) is 2.22. The zero-order valence-corrected chi connectivity index (χ0v) is 14.1. The summed E-state index contributed by atoms with van der Waals surface area (Å²) in [5.74, 6) is -1.23. The second-order valence-electron chi connectivity index (χ2n) is 5.46. The Morgan fingerprint density at radius 1 is 1.26 bits per heavy atom. The van der Waals surface area contributed by atoms with Crippen LogP contribution < -0.4 is 0 Å². The van der Waals surface area contributed by atoms with Crippen LogP contribution >= 0.6 is 11.3 Å². The lowest BCUT2D eigenvalue weighted by Crippen LogP contribution is -2.51. The number of likely N-dealkylation sites (N-methyl/N-ethyl adjacent to an activating group) is 1. The van der Waals surface area contributed by atoms with Gasteiger partial charge in [-0.05, 0) is 38.1 Å². The molecule has 0 unspecified atom stereocenters. The molecule has 0 fully saturated rings. The van der Waals surface area contributed by atoms with Crippen molar-refractivity contribution in [2.45, 2.75) is 19.4 Å². The lowest BCUT2D eigenvalue weighted by Gasteiger charge is -2.32. The summed E-state index contributed by atoms with van der Waals surface area (Å²) in [5.41, 5.74) is -0.148. The third-order valence-electron chi connectivity index (χ3n) is 3.64. The summed E-state index contributed by atoms with van der Waals surface area (Å²) >= 11 is 1.28. The molecular formula is C16H17FN2O3S. The molecule has 1 amide bonds. The Labute approximate surface area is 137 Å². The molecule has 1 aromatic carbocycles. The first-order valence-corrected chi connectivity index (χ1v) is 7.73. The maximum atomic E-state index is 13.0. The number of ether oxygens (including phenoxy) is 1. The van der Waals surface area contributed by atoms with Crippen LogP contribution in [0.5, 0.6) is 0 Å². The fourth-order valence-corrected chi connectivity index (χ4v) is 2.71. The Morgan fingerprint density at radius 2 is 1.87 bits per heavy atom. The maximum Gasteiger partial charge on any atom is 0.331 e. The van der Waals surface area contributed by atoms with Crippen molar-refractivity contribution in [2.75, 3.05) is 14.2 Å². The van der Waals surface area contributed by atoms with Crippen LogP contribution in [-0.2, 0) is 9.53 Å². The molecule has 0 aliphatic heterocycles. The van der Waals surface area contributed by atoms with Gasteiger partial charge in [0.1, 0.15) is 22.1 Å². The summed E-state index contributed by atoms with van der Waals surface area (Å²) < 4.78 is 17.7. The molecule has 0 aliphatic carbocycles. The molecular weight excluding hydrogens is 319 g/mol.